The van der Waals surface area contributed by atoms with Crippen LogP contribution < -0.4 is 0 Å². The van der Waals surface area contributed by atoms with E-state index in [-0.39, 0.29) is 30.1 Å². The van der Waals surface area contributed by atoms with Crippen LogP contribution in [0.3, 0.4) is 0 Å². The lowest BCUT2D eigenvalue weighted by atomic mass is 9.74. The van der Waals surface area contributed by atoms with E-state index in [1.54, 1.807) is 16.4 Å². The fourth-order valence-corrected chi connectivity index (χ4v) is 6.31. The van der Waals surface area contributed by atoms with Crippen molar-refractivity contribution in [3.05, 3.63) is 29.8 Å². The minimum atomic E-state index is -3.50. The van der Waals surface area contributed by atoms with E-state index in [2.05, 4.69) is 0 Å². The molecule has 1 spiro atoms. The van der Waals surface area contributed by atoms with Gasteiger partial charge in [0.05, 0.1) is 16.6 Å². The number of nitrogens with zero attached hydrogens (tertiary/aromatic N) is 1. The minimum Gasteiger partial charge on any atom is -0.396 e. The summed E-state index contributed by atoms with van der Waals surface area (Å²) in [6.07, 6.45) is 1.94. The molecule has 0 aromatic heterocycles. The van der Waals surface area contributed by atoms with E-state index in [0.717, 1.165) is 18.4 Å². The SMILES string of the molecule is Cc1ccccc1S(=O)(=O)N1C[C@@H]2[C@H](CO)[C@H]3CC[C@]2(C1)O3. The monoisotopic (exact) mass is 323 g/mol. The van der Waals surface area contributed by atoms with Gasteiger partial charge in [0, 0.05) is 31.5 Å². The maximum atomic E-state index is 13.0. The molecule has 0 radical (unpaired) electrons. The Hall–Kier alpha value is -0.950. The number of sulfonamides is 1. The normalized spacial score (nSPS) is 37.6. The Morgan fingerprint density at radius 1 is 1.41 bits per heavy atom. The third-order valence-electron chi connectivity index (χ3n) is 5.67. The number of aliphatic hydroxyl groups excluding tert-OH is 1. The fourth-order valence-electron chi connectivity index (χ4n) is 4.56. The molecule has 0 saturated carbocycles. The molecule has 3 saturated heterocycles. The topological polar surface area (TPSA) is 66.8 Å². The molecule has 3 aliphatic heterocycles. The lowest BCUT2D eigenvalue weighted by molar-refractivity contribution is 0.00644. The molecule has 0 unspecified atom stereocenters. The molecule has 1 aromatic rings. The maximum absolute atomic E-state index is 13.0. The highest BCUT2D eigenvalue weighted by atomic mass is 32.2. The highest BCUT2D eigenvalue weighted by molar-refractivity contribution is 7.89. The van der Waals surface area contributed by atoms with E-state index in [1.807, 2.05) is 19.1 Å². The van der Waals surface area contributed by atoms with Gasteiger partial charge >= 0.3 is 0 Å². The molecule has 3 aliphatic rings. The first-order valence-electron chi connectivity index (χ1n) is 7.82. The van der Waals surface area contributed by atoms with Gasteiger partial charge in [-0.2, -0.15) is 4.31 Å². The highest BCUT2D eigenvalue weighted by Gasteiger charge is 2.64. The van der Waals surface area contributed by atoms with Crippen LogP contribution in [0.15, 0.2) is 29.2 Å². The molecule has 2 bridgehead atoms. The van der Waals surface area contributed by atoms with Crippen LogP contribution >= 0.6 is 0 Å². The van der Waals surface area contributed by atoms with Gasteiger partial charge in [-0.1, -0.05) is 18.2 Å². The van der Waals surface area contributed by atoms with E-state index in [0.29, 0.717) is 18.0 Å². The van der Waals surface area contributed by atoms with Crippen molar-refractivity contribution >= 4 is 10.0 Å². The molecule has 4 atom stereocenters. The van der Waals surface area contributed by atoms with Gasteiger partial charge in [-0.3, -0.25) is 0 Å². The fraction of sp³-hybridized carbons (Fsp3) is 0.625. The molecule has 1 N–H and O–H groups in total. The number of rotatable bonds is 3. The molecule has 1 aromatic carbocycles. The lowest BCUT2D eigenvalue weighted by Gasteiger charge is -2.27. The molecule has 3 heterocycles. The van der Waals surface area contributed by atoms with Gasteiger partial charge in [-0.05, 0) is 31.4 Å². The van der Waals surface area contributed by atoms with Crippen molar-refractivity contribution in [3.8, 4) is 0 Å². The summed E-state index contributed by atoms with van der Waals surface area (Å²) < 4.78 is 33.6. The Morgan fingerprint density at radius 3 is 2.91 bits per heavy atom. The summed E-state index contributed by atoms with van der Waals surface area (Å²) in [7, 11) is -3.50. The zero-order chi connectivity index (χ0) is 15.5. The van der Waals surface area contributed by atoms with Crippen molar-refractivity contribution in [2.45, 2.75) is 36.4 Å². The molecule has 0 aliphatic carbocycles. The Bertz CT molecular complexity index is 704. The van der Waals surface area contributed by atoms with E-state index in [4.69, 9.17) is 4.74 Å². The number of benzene rings is 1. The summed E-state index contributed by atoms with van der Waals surface area (Å²) in [4.78, 5) is 0.376. The molecule has 4 rings (SSSR count). The van der Waals surface area contributed by atoms with Crippen molar-refractivity contribution in [2.75, 3.05) is 19.7 Å². The zero-order valence-corrected chi connectivity index (χ0v) is 13.4. The molecule has 22 heavy (non-hydrogen) atoms. The van der Waals surface area contributed by atoms with Gasteiger partial charge in [0.15, 0.2) is 0 Å². The van der Waals surface area contributed by atoms with Crippen molar-refractivity contribution in [3.63, 3.8) is 0 Å². The smallest absolute Gasteiger partial charge is 0.243 e. The minimum absolute atomic E-state index is 0.0748. The van der Waals surface area contributed by atoms with Crippen molar-refractivity contribution in [1.82, 2.24) is 4.31 Å². The number of hydrogen-bond acceptors (Lipinski definition) is 4. The maximum Gasteiger partial charge on any atom is 0.243 e. The molecule has 6 heteroatoms. The lowest BCUT2D eigenvalue weighted by Crippen LogP contribution is -2.38. The van der Waals surface area contributed by atoms with Crippen molar-refractivity contribution in [2.24, 2.45) is 11.8 Å². The summed E-state index contributed by atoms with van der Waals surface area (Å²) in [5.74, 6) is 0.195. The third kappa shape index (κ3) is 1.84. The number of aryl methyl sites for hydroxylation is 1. The van der Waals surface area contributed by atoms with Gasteiger partial charge in [-0.25, -0.2) is 8.42 Å². The quantitative estimate of drug-likeness (QED) is 0.906. The van der Waals surface area contributed by atoms with Crippen LogP contribution in [0.25, 0.3) is 0 Å². The zero-order valence-electron chi connectivity index (χ0n) is 12.6. The largest absolute Gasteiger partial charge is 0.396 e. The Balaban J connectivity index is 1.68. The van der Waals surface area contributed by atoms with Gasteiger partial charge in [-0.15, -0.1) is 0 Å². The van der Waals surface area contributed by atoms with Crippen LogP contribution in [-0.4, -0.2) is 49.2 Å². The van der Waals surface area contributed by atoms with Gasteiger partial charge < -0.3 is 9.84 Å². The average Bonchev–Trinajstić information content (AvgIpc) is 3.14. The van der Waals surface area contributed by atoms with Crippen molar-refractivity contribution in [1.29, 1.82) is 0 Å². The first-order chi connectivity index (χ1) is 10.5. The number of ether oxygens (including phenoxy) is 1. The predicted octanol–water partition coefficient (Wildman–Crippen LogP) is 1.16. The molecule has 120 valence electrons. The third-order valence-corrected chi connectivity index (χ3v) is 7.65. The van der Waals surface area contributed by atoms with Crippen LogP contribution in [0.5, 0.6) is 0 Å². The first-order valence-corrected chi connectivity index (χ1v) is 9.26. The van der Waals surface area contributed by atoms with E-state index in [1.165, 1.54) is 0 Å². The molecule has 5 nitrogen and oxygen atoms in total. The first kappa shape index (κ1) is 14.6. The Labute approximate surface area is 130 Å². The molecule has 0 amide bonds. The van der Waals surface area contributed by atoms with Crippen LogP contribution in [-0.2, 0) is 14.8 Å². The van der Waals surface area contributed by atoms with E-state index >= 15 is 0 Å². The summed E-state index contributed by atoms with van der Waals surface area (Å²) in [5, 5.41) is 9.63. The van der Waals surface area contributed by atoms with Gasteiger partial charge in [0.2, 0.25) is 10.0 Å². The van der Waals surface area contributed by atoms with Gasteiger partial charge in [0.1, 0.15) is 0 Å². The summed E-state index contributed by atoms with van der Waals surface area (Å²) in [5.41, 5.74) is 0.398. The Morgan fingerprint density at radius 2 is 2.18 bits per heavy atom. The molecular weight excluding hydrogens is 302 g/mol. The van der Waals surface area contributed by atoms with Gasteiger partial charge in [0.25, 0.3) is 0 Å². The van der Waals surface area contributed by atoms with Crippen LogP contribution in [0.4, 0.5) is 0 Å². The van der Waals surface area contributed by atoms with E-state index < -0.39 is 10.0 Å². The average molecular weight is 323 g/mol. The van der Waals surface area contributed by atoms with Crippen LogP contribution in [0, 0.1) is 18.8 Å². The second-order valence-electron chi connectivity index (χ2n) is 6.78. The molecule has 3 fully saturated rings. The Kier molecular flexibility index (Phi) is 3.17. The standard InChI is InChI=1S/C16H21NO4S/c1-11-4-2-3-5-15(11)22(19,20)17-8-13-12(9-18)14-6-7-16(13,10-17)21-14/h2-5,12-14,18H,6-10H2,1H3/t12-,13+,14+,16+/m0/s1. The predicted molar refractivity (Wildman–Crippen MR) is 80.8 cm³/mol. The van der Waals surface area contributed by atoms with E-state index in [9.17, 15) is 13.5 Å². The summed E-state index contributed by atoms with van der Waals surface area (Å²) >= 11 is 0. The molecular formula is C16H21NO4S. The summed E-state index contributed by atoms with van der Waals surface area (Å²) in [6.45, 7) is 2.77. The summed E-state index contributed by atoms with van der Waals surface area (Å²) in [6, 6.07) is 7.09. The second-order valence-corrected chi connectivity index (χ2v) is 8.68. The van der Waals surface area contributed by atoms with Crippen LogP contribution in [0.2, 0.25) is 0 Å². The number of hydrogen-bond donors (Lipinski definition) is 1. The second kappa shape index (κ2) is 4.77. The van der Waals surface area contributed by atoms with Crippen molar-refractivity contribution < 1.29 is 18.3 Å². The number of fused-ring (bicyclic) bond motifs is 1. The van der Waals surface area contributed by atoms with Crippen LogP contribution in [0.1, 0.15) is 18.4 Å². The number of aliphatic hydroxyl groups is 1. The highest BCUT2D eigenvalue weighted by Crippen LogP contribution is 2.55.